The molecule has 0 radical (unpaired) electrons. The smallest absolute Gasteiger partial charge is 0.0345 e. The lowest BCUT2D eigenvalue weighted by atomic mass is 9.95. The van der Waals surface area contributed by atoms with E-state index in [1.165, 1.54) is 114 Å². The standard InChI is InChI=1S/C36H36S2/c1-3-5-7-9-29-15-21-35(37-29)27-13-17-31-25(23-27)11-19-34-32-18-14-28(24-26(32)12-20-33(31)34)36-22-16-30(38-36)10-8-6-4-2/h11-24H,3-10H2,1-2H3. The van der Waals surface area contributed by atoms with Crippen LogP contribution in [0.1, 0.15) is 62.1 Å². The predicted molar refractivity (Wildman–Crippen MR) is 172 cm³/mol. The molecule has 0 aliphatic carbocycles. The summed E-state index contributed by atoms with van der Waals surface area (Å²) in [6.07, 6.45) is 10.2. The van der Waals surface area contributed by atoms with Gasteiger partial charge in [0.05, 0.1) is 0 Å². The Labute approximate surface area is 235 Å². The molecule has 0 atom stereocenters. The van der Waals surface area contributed by atoms with Crippen LogP contribution in [0.15, 0.2) is 84.9 Å². The van der Waals surface area contributed by atoms with Gasteiger partial charge in [0.15, 0.2) is 0 Å². The molecule has 0 saturated heterocycles. The maximum absolute atomic E-state index is 2.37. The Morgan fingerprint density at radius 1 is 0.447 bits per heavy atom. The van der Waals surface area contributed by atoms with E-state index in [1.54, 1.807) is 0 Å². The van der Waals surface area contributed by atoms with Gasteiger partial charge in [0.25, 0.3) is 0 Å². The number of hydrogen-bond acceptors (Lipinski definition) is 2. The molecule has 4 aromatic carbocycles. The zero-order valence-corrected chi connectivity index (χ0v) is 24.2. The minimum absolute atomic E-state index is 1.21. The second-order valence-corrected chi connectivity index (χ2v) is 12.9. The van der Waals surface area contributed by atoms with Crippen LogP contribution in [0.3, 0.4) is 0 Å². The Morgan fingerprint density at radius 3 is 1.34 bits per heavy atom. The molecule has 6 rings (SSSR count). The first-order chi connectivity index (χ1) is 18.7. The number of unbranched alkanes of at least 4 members (excludes halogenated alkanes) is 4. The largest absolute Gasteiger partial charge is 0.140 e. The van der Waals surface area contributed by atoms with Crippen molar-refractivity contribution < 1.29 is 0 Å². The van der Waals surface area contributed by atoms with E-state index in [0.717, 1.165) is 0 Å². The summed E-state index contributed by atoms with van der Waals surface area (Å²) in [6.45, 7) is 4.54. The second-order valence-electron chi connectivity index (χ2n) is 10.5. The molecular formula is C36H36S2. The van der Waals surface area contributed by atoms with Crippen molar-refractivity contribution in [3.63, 3.8) is 0 Å². The normalized spacial score (nSPS) is 11.7. The highest BCUT2D eigenvalue weighted by Crippen LogP contribution is 2.37. The van der Waals surface area contributed by atoms with E-state index in [2.05, 4.69) is 98.8 Å². The fraction of sp³-hybridized carbons (Fsp3) is 0.278. The van der Waals surface area contributed by atoms with Crippen LogP contribution in [-0.4, -0.2) is 0 Å². The average molecular weight is 533 g/mol. The summed E-state index contributed by atoms with van der Waals surface area (Å²) >= 11 is 3.91. The second kappa shape index (κ2) is 11.4. The van der Waals surface area contributed by atoms with Gasteiger partial charge in [0, 0.05) is 19.5 Å². The Morgan fingerprint density at radius 2 is 0.895 bits per heavy atom. The van der Waals surface area contributed by atoms with Crippen LogP contribution in [0.5, 0.6) is 0 Å². The molecule has 0 bridgehead atoms. The maximum Gasteiger partial charge on any atom is 0.0345 e. The summed E-state index contributed by atoms with van der Waals surface area (Å²) in [5, 5.41) is 8.01. The monoisotopic (exact) mass is 532 g/mol. The van der Waals surface area contributed by atoms with Gasteiger partial charge < -0.3 is 0 Å². The van der Waals surface area contributed by atoms with E-state index >= 15 is 0 Å². The zero-order valence-electron chi connectivity index (χ0n) is 22.6. The van der Waals surface area contributed by atoms with E-state index < -0.39 is 0 Å². The summed E-state index contributed by atoms with van der Waals surface area (Å²) in [5.41, 5.74) is 2.66. The van der Waals surface area contributed by atoms with Crippen molar-refractivity contribution in [1.82, 2.24) is 0 Å². The molecule has 38 heavy (non-hydrogen) atoms. The molecule has 6 aromatic rings. The fourth-order valence-corrected chi connectivity index (χ4v) is 7.72. The first-order valence-electron chi connectivity index (χ1n) is 14.3. The van der Waals surface area contributed by atoms with Crippen LogP contribution >= 0.6 is 22.7 Å². The molecule has 2 heteroatoms. The predicted octanol–water partition coefficient (Wildman–Crippen LogP) is 12.1. The highest BCUT2D eigenvalue weighted by Gasteiger charge is 2.10. The van der Waals surface area contributed by atoms with Crippen LogP contribution < -0.4 is 0 Å². The van der Waals surface area contributed by atoms with Gasteiger partial charge in [0.1, 0.15) is 0 Å². The molecule has 0 saturated carbocycles. The topological polar surface area (TPSA) is 0 Å². The third kappa shape index (κ3) is 5.17. The molecule has 0 nitrogen and oxygen atoms in total. The molecule has 0 unspecified atom stereocenters. The lowest BCUT2D eigenvalue weighted by molar-refractivity contribution is 0.722. The summed E-state index contributed by atoms with van der Waals surface area (Å²) in [4.78, 5) is 5.78. The number of benzene rings is 4. The Bertz CT molecular complexity index is 1570. The maximum atomic E-state index is 2.37. The summed E-state index contributed by atoms with van der Waals surface area (Å²) in [7, 11) is 0. The number of thiophene rings is 2. The molecule has 2 aromatic heterocycles. The van der Waals surface area contributed by atoms with E-state index in [0.29, 0.717) is 0 Å². The molecule has 2 heterocycles. The van der Waals surface area contributed by atoms with Crippen molar-refractivity contribution in [3.05, 3.63) is 94.7 Å². The Balaban J connectivity index is 1.30. The minimum Gasteiger partial charge on any atom is -0.140 e. The van der Waals surface area contributed by atoms with E-state index in [1.807, 2.05) is 22.7 Å². The van der Waals surface area contributed by atoms with Gasteiger partial charge in [0.2, 0.25) is 0 Å². The van der Waals surface area contributed by atoms with Crippen molar-refractivity contribution in [2.45, 2.75) is 65.2 Å². The number of rotatable bonds is 10. The van der Waals surface area contributed by atoms with Crippen molar-refractivity contribution >= 4 is 55.0 Å². The van der Waals surface area contributed by atoms with Gasteiger partial charge in [-0.1, -0.05) is 88.1 Å². The van der Waals surface area contributed by atoms with Gasteiger partial charge in [-0.3, -0.25) is 0 Å². The summed E-state index contributed by atoms with van der Waals surface area (Å²) < 4.78 is 0. The van der Waals surface area contributed by atoms with E-state index in [4.69, 9.17) is 0 Å². The number of fused-ring (bicyclic) bond motifs is 5. The Hall–Kier alpha value is -2.94. The third-order valence-corrected chi connectivity index (χ3v) is 10.2. The molecule has 0 aliphatic rings. The number of hydrogen-bond donors (Lipinski definition) is 0. The van der Waals surface area contributed by atoms with Gasteiger partial charge in [-0.05, 0) is 106 Å². The van der Waals surface area contributed by atoms with Gasteiger partial charge in [-0.25, -0.2) is 0 Å². The lowest BCUT2D eigenvalue weighted by Gasteiger charge is -2.10. The molecule has 0 N–H and O–H groups in total. The van der Waals surface area contributed by atoms with Gasteiger partial charge >= 0.3 is 0 Å². The molecular weight excluding hydrogens is 497 g/mol. The van der Waals surface area contributed by atoms with Crippen LogP contribution in [0.25, 0.3) is 53.2 Å². The molecule has 192 valence electrons. The van der Waals surface area contributed by atoms with Crippen molar-refractivity contribution in [2.75, 3.05) is 0 Å². The highest BCUT2D eigenvalue weighted by molar-refractivity contribution is 7.15. The lowest BCUT2D eigenvalue weighted by Crippen LogP contribution is -1.83. The van der Waals surface area contributed by atoms with Crippen molar-refractivity contribution in [3.8, 4) is 20.9 Å². The fourth-order valence-electron chi connectivity index (χ4n) is 5.63. The van der Waals surface area contributed by atoms with Crippen LogP contribution in [0.4, 0.5) is 0 Å². The van der Waals surface area contributed by atoms with E-state index in [-0.39, 0.29) is 0 Å². The van der Waals surface area contributed by atoms with Gasteiger partial charge in [-0.2, -0.15) is 0 Å². The number of aryl methyl sites for hydroxylation is 2. The minimum atomic E-state index is 1.21. The van der Waals surface area contributed by atoms with E-state index in [9.17, 15) is 0 Å². The molecule has 0 spiro atoms. The van der Waals surface area contributed by atoms with Crippen LogP contribution in [-0.2, 0) is 12.8 Å². The molecule has 0 aliphatic heterocycles. The first kappa shape index (κ1) is 25.3. The summed E-state index contributed by atoms with van der Waals surface area (Å²) in [6, 6.07) is 32.6. The average Bonchev–Trinajstić information content (AvgIpc) is 3.63. The first-order valence-corrected chi connectivity index (χ1v) is 15.9. The zero-order chi connectivity index (χ0) is 25.9. The van der Waals surface area contributed by atoms with Gasteiger partial charge in [-0.15, -0.1) is 22.7 Å². The van der Waals surface area contributed by atoms with Crippen molar-refractivity contribution in [2.24, 2.45) is 0 Å². The SMILES string of the molecule is CCCCCc1ccc(-c2ccc3c(ccc4c5ccc(-c6ccc(CCCCC)s6)cc5ccc34)c2)s1. The highest BCUT2D eigenvalue weighted by atomic mass is 32.1. The van der Waals surface area contributed by atoms with Crippen molar-refractivity contribution in [1.29, 1.82) is 0 Å². The quantitative estimate of drug-likeness (QED) is 0.122. The van der Waals surface area contributed by atoms with Crippen LogP contribution in [0.2, 0.25) is 0 Å². The third-order valence-electron chi connectivity index (χ3n) is 7.78. The summed E-state index contributed by atoms with van der Waals surface area (Å²) in [5.74, 6) is 0. The molecule has 0 fully saturated rings. The molecule has 0 amide bonds. The Kier molecular flexibility index (Phi) is 7.63. The van der Waals surface area contributed by atoms with Crippen LogP contribution in [0, 0.1) is 0 Å².